The fourth-order valence-corrected chi connectivity index (χ4v) is 4.35. The van der Waals surface area contributed by atoms with Gasteiger partial charge in [-0.15, -0.1) is 0 Å². The van der Waals surface area contributed by atoms with Crippen LogP contribution in [0, 0.1) is 0 Å². The van der Waals surface area contributed by atoms with Gasteiger partial charge in [0.25, 0.3) is 5.91 Å². The molecule has 3 saturated heterocycles. The number of alkyl halides is 3. The van der Waals surface area contributed by atoms with Crippen molar-refractivity contribution in [3.05, 3.63) is 29.8 Å². The van der Waals surface area contributed by atoms with Gasteiger partial charge < -0.3 is 14.7 Å². The number of imide groups is 1. The Morgan fingerprint density at radius 2 is 1.80 bits per heavy atom. The third kappa shape index (κ3) is 3.82. The largest absolute Gasteiger partial charge is 0.416 e. The fraction of sp³-hybridized carbons (Fsp3) is 0.550. The molecule has 1 aromatic rings. The number of anilines is 1. The van der Waals surface area contributed by atoms with Crippen LogP contribution < -0.4 is 4.90 Å². The Kier molecular flexibility index (Phi) is 5.33. The summed E-state index contributed by atoms with van der Waals surface area (Å²) in [4.78, 5) is 43.4. The van der Waals surface area contributed by atoms with E-state index in [0.29, 0.717) is 44.8 Å². The van der Waals surface area contributed by atoms with E-state index in [9.17, 15) is 27.6 Å². The summed E-state index contributed by atoms with van der Waals surface area (Å²) in [7, 11) is 0. The first-order valence-electron chi connectivity index (χ1n) is 10.1. The van der Waals surface area contributed by atoms with E-state index < -0.39 is 11.7 Å². The summed E-state index contributed by atoms with van der Waals surface area (Å²) in [6.45, 7) is 2.25. The van der Waals surface area contributed by atoms with Gasteiger partial charge in [-0.3, -0.25) is 14.5 Å². The predicted molar refractivity (Wildman–Crippen MR) is 102 cm³/mol. The van der Waals surface area contributed by atoms with Gasteiger partial charge in [0.15, 0.2) is 0 Å². The second-order valence-corrected chi connectivity index (χ2v) is 7.79. The maximum Gasteiger partial charge on any atom is 0.416 e. The third-order valence-corrected chi connectivity index (χ3v) is 6.00. The van der Waals surface area contributed by atoms with Crippen molar-refractivity contribution < 1.29 is 27.6 Å². The second kappa shape index (κ2) is 7.81. The average molecular weight is 424 g/mol. The van der Waals surface area contributed by atoms with E-state index in [4.69, 9.17) is 0 Å². The molecule has 3 aliphatic rings. The van der Waals surface area contributed by atoms with Crippen LogP contribution in [0.25, 0.3) is 0 Å². The molecule has 3 fully saturated rings. The van der Waals surface area contributed by atoms with E-state index in [1.807, 2.05) is 4.90 Å². The van der Waals surface area contributed by atoms with Gasteiger partial charge >= 0.3 is 12.2 Å². The van der Waals surface area contributed by atoms with Crippen LogP contribution >= 0.6 is 0 Å². The molecular formula is C20H23F3N4O3. The highest BCUT2D eigenvalue weighted by Crippen LogP contribution is 2.32. The number of carbonyl (C=O) groups excluding carboxylic acids is 3. The van der Waals surface area contributed by atoms with Crippen molar-refractivity contribution in [2.75, 3.05) is 44.2 Å². The smallest absolute Gasteiger partial charge is 0.368 e. The van der Waals surface area contributed by atoms with Crippen molar-refractivity contribution in [2.24, 2.45) is 0 Å². The summed E-state index contributed by atoms with van der Waals surface area (Å²) < 4.78 is 38.8. The molecule has 0 N–H and O–H groups in total. The molecule has 0 aliphatic carbocycles. The normalized spacial score (nSPS) is 22.2. The minimum Gasteiger partial charge on any atom is -0.368 e. The molecule has 4 rings (SSSR count). The van der Waals surface area contributed by atoms with E-state index in [1.54, 1.807) is 15.9 Å². The third-order valence-electron chi connectivity index (χ3n) is 6.00. The van der Waals surface area contributed by atoms with Gasteiger partial charge in [-0.1, -0.05) is 6.07 Å². The summed E-state index contributed by atoms with van der Waals surface area (Å²) in [5.74, 6) is -0.383. The standard InChI is InChI=1S/C20H23F3N4O3/c21-20(22,23)14-3-1-4-15(13-14)24-9-11-25(12-10-24)17(28)6-8-27-18(29)16-5-2-7-26(16)19(27)30/h1,3-4,13,16H,2,5-12H2. The number of carbonyl (C=O) groups is 3. The first kappa shape index (κ1) is 20.5. The molecule has 3 aliphatic heterocycles. The molecule has 0 spiro atoms. The molecule has 7 nitrogen and oxygen atoms in total. The van der Waals surface area contributed by atoms with Crippen LogP contribution in [0.2, 0.25) is 0 Å². The first-order valence-corrected chi connectivity index (χ1v) is 10.1. The Morgan fingerprint density at radius 1 is 1.07 bits per heavy atom. The van der Waals surface area contributed by atoms with Gasteiger partial charge in [-0.05, 0) is 31.0 Å². The highest BCUT2D eigenvalue weighted by molar-refractivity contribution is 6.04. The van der Waals surface area contributed by atoms with Crippen LogP contribution in [-0.4, -0.2) is 77.9 Å². The van der Waals surface area contributed by atoms with Gasteiger partial charge in [0.05, 0.1) is 5.56 Å². The maximum atomic E-state index is 12.9. The molecule has 0 aromatic heterocycles. The monoisotopic (exact) mass is 424 g/mol. The Hall–Kier alpha value is -2.78. The Bertz CT molecular complexity index is 830. The molecule has 0 saturated carbocycles. The van der Waals surface area contributed by atoms with Crippen LogP contribution in [-0.2, 0) is 15.8 Å². The number of hydrogen-bond acceptors (Lipinski definition) is 4. The molecule has 1 unspecified atom stereocenters. The van der Waals surface area contributed by atoms with Crippen molar-refractivity contribution >= 4 is 23.5 Å². The summed E-state index contributed by atoms with van der Waals surface area (Å²) in [6, 6.07) is 4.48. The zero-order valence-electron chi connectivity index (χ0n) is 16.4. The van der Waals surface area contributed by atoms with E-state index in [1.165, 1.54) is 11.0 Å². The van der Waals surface area contributed by atoms with Crippen molar-refractivity contribution in [3.63, 3.8) is 0 Å². The van der Waals surface area contributed by atoms with Crippen LogP contribution in [0.4, 0.5) is 23.7 Å². The minimum absolute atomic E-state index is 0.0571. The number of urea groups is 1. The average Bonchev–Trinajstić information content (AvgIpc) is 3.30. The van der Waals surface area contributed by atoms with Gasteiger partial charge in [0.1, 0.15) is 6.04 Å². The van der Waals surface area contributed by atoms with Crippen molar-refractivity contribution in [1.82, 2.24) is 14.7 Å². The maximum absolute atomic E-state index is 12.9. The van der Waals surface area contributed by atoms with Crippen LogP contribution in [0.15, 0.2) is 24.3 Å². The van der Waals surface area contributed by atoms with Crippen molar-refractivity contribution in [1.29, 1.82) is 0 Å². The fourth-order valence-electron chi connectivity index (χ4n) is 4.35. The lowest BCUT2D eigenvalue weighted by Crippen LogP contribution is -2.49. The number of benzene rings is 1. The lowest BCUT2D eigenvalue weighted by molar-refractivity contribution is -0.137. The summed E-state index contributed by atoms with van der Waals surface area (Å²) in [5, 5.41) is 0. The predicted octanol–water partition coefficient (Wildman–Crippen LogP) is 2.17. The Labute approximate surface area is 172 Å². The van der Waals surface area contributed by atoms with E-state index in [2.05, 4.69) is 0 Å². The zero-order valence-corrected chi connectivity index (χ0v) is 16.4. The van der Waals surface area contributed by atoms with E-state index in [-0.39, 0.29) is 36.9 Å². The first-order chi connectivity index (χ1) is 14.3. The summed E-state index contributed by atoms with van der Waals surface area (Å²) in [5.41, 5.74) is -0.218. The van der Waals surface area contributed by atoms with Gasteiger partial charge in [0.2, 0.25) is 5.91 Å². The molecule has 4 amide bonds. The number of hydrogen-bond donors (Lipinski definition) is 0. The molecule has 162 valence electrons. The molecule has 0 bridgehead atoms. The lowest BCUT2D eigenvalue weighted by Gasteiger charge is -2.36. The number of fused-ring (bicyclic) bond motifs is 1. The van der Waals surface area contributed by atoms with Crippen LogP contribution in [0.3, 0.4) is 0 Å². The minimum atomic E-state index is -4.40. The molecule has 1 aromatic carbocycles. The van der Waals surface area contributed by atoms with Crippen LogP contribution in [0.1, 0.15) is 24.8 Å². The molecular weight excluding hydrogens is 401 g/mol. The summed E-state index contributed by atoms with van der Waals surface area (Å²) >= 11 is 0. The number of nitrogens with zero attached hydrogens (tertiary/aromatic N) is 4. The number of piperazine rings is 1. The summed E-state index contributed by atoms with van der Waals surface area (Å²) in [6.07, 6.45) is -2.84. The van der Waals surface area contributed by atoms with Gasteiger partial charge in [-0.2, -0.15) is 13.2 Å². The quantitative estimate of drug-likeness (QED) is 0.695. The second-order valence-electron chi connectivity index (χ2n) is 7.79. The van der Waals surface area contributed by atoms with Gasteiger partial charge in [0, 0.05) is 51.4 Å². The molecule has 0 radical (unpaired) electrons. The topological polar surface area (TPSA) is 64.2 Å². The highest BCUT2D eigenvalue weighted by Gasteiger charge is 2.47. The SMILES string of the molecule is O=C(CCN1C(=O)C2CCCN2C1=O)N1CCN(c2cccc(C(F)(F)F)c2)CC1. The number of halogens is 3. The molecule has 10 heteroatoms. The molecule has 1 atom stereocenters. The van der Waals surface area contributed by atoms with E-state index >= 15 is 0 Å². The van der Waals surface area contributed by atoms with Crippen LogP contribution in [0.5, 0.6) is 0 Å². The highest BCUT2D eigenvalue weighted by atomic mass is 19.4. The zero-order chi connectivity index (χ0) is 21.5. The number of rotatable bonds is 4. The Morgan fingerprint density at radius 3 is 2.47 bits per heavy atom. The molecule has 30 heavy (non-hydrogen) atoms. The molecule has 3 heterocycles. The lowest BCUT2D eigenvalue weighted by atomic mass is 10.1. The van der Waals surface area contributed by atoms with Crippen molar-refractivity contribution in [2.45, 2.75) is 31.5 Å². The Balaban J connectivity index is 1.29. The van der Waals surface area contributed by atoms with Gasteiger partial charge in [-0.25, -0.2) is 4.79 Å². The van der Waals surface area contributed by atoms with Crippen molar-refractivity contribution in [3.8, 4) is 0 Å². The number of amides is 4. The van der Waals surface area contributed by atoms with E-state index in [0.717, 1.165) is 18.6 Å².